The third-order valence-corrected chi connectivity index (χ3v) is 2.92. The van der Waals surface area contributed by atoms with Crippen LogP contribution in [0.15, 0.2) is 48.7 Å². The third kappa shape index (κ3) is 4.21. The fourth-order valence-electron chi connectivity index (χ4n) is 1.78. The van der Waals surface area contributed by atoms with Gasteiger partial charge in [0, 0.05) is 12.6 Å². The number of carbonyl (C=O) groups excluding carboxylic acids is 1. The number of rotatable bonds is 5. The second-order valence-electron chi connectivity index (χ2n) is 4.41. The van der Waals surface area contributed by atoms with E-state index in [1.54, 1.807) is 18.3 Å². The second kappa shape index (κ2) is 7.05. The summed E-state index contributed by atoms with van der Waals surface area (Å²) < 4.78 is 0. The van der Waals surface area contributed by atoms with Crippen molar-refractivity contribution in [3.8, 4) is 6.07 Å². The first-order chi connectivity index (χ1) is 9.78. The smallest absolute Gasteiger partial charge is 0.220 e. The van der Waals surface area contributed by atoms with Crippen LogP contribution in [-0.4, -0.2) is 10.9 Å². The number of hydrogen-bond donors (Lipinski definition) is 1. The Morgan fingerprint density at radius 2 is 2.00 bits per heavy atom. The molecule has 2 aromatic rings. The number of pyridine rings is 1. The summed E-state index contributed by atoms with van der Waals surface area (Å²) in [6.45, 7) is 0.451. The first-order valence-corrected chi connectivity index (χ1v) is 6.43. The van der Waals surface area contributed by atoms with Crippen LogP contribution >= 0.6 is 0 Å². The van der Waals surface area contributed by atoms with Crippen LogP contribution in [0.5, 0.6) is 0 Å². The molecule has 0 saturated heterocycles. The zero-order valence-electron chi connectivity index (χ0n) is 11.0. The largest absolute Gasteiger partial charge is 0.350 e. The van der Waals surface area contributed by atoms with Gasteiger partial charge < -0.3 is 5.32 Å². The van der Waals surface area contributed by atoms with Crippen molar-refractivity contribution in [3.63, 3.8) is 0 Å². The molecule has 0 bridgehead atoms. The molecular formula is C16H15N3O. The number of aromatic nitrogens is 1. The van der Waals surface area contributed by atoms with Crippen LogP contribution in [0, 0.1) is 11.3 Å². The number of benzene rings is 1. The number of aryl methyl sites for hydroxylation is 1. The number of carbonyl (C=O) groups is 1. The molecule has 0 aliphatic carbocycles. The van der Waals surface area contributed by atoms with Crippen molar-refractivity contribution in [1.82, 2.24) is 10.3 Å². The predicted octanol–water partition coefficient (Wildman–Crippen LogP) is 2.20. The van der Waals surface area contributed by atoms with E-state index in [9.17, 15) is 4.79 Å². The van der Waals surface area contributed by atoms with Gasteiger partial charge in [-0.05, 0) is 36.2 Å². The Kier molecular flexibility index (Phi) is 4.85. The van der Waals surface area contributed by atoms with E-state index < -0.39 is 0 Å². The predicted molar refractivity (Wildman–Crippen MR) is 75.6 cm³/mol. The van der Waals surface area contributed by atoms with E-state index in [2.05, 4.69) is 16.4 Å². The van der Waals surface area contributed by atoms with Crippen molar-refractivity contribution in [2.75, 3.05) is 0 Å². The lowest BCUT2D eigenvalue weighted by Crippen LogP contribution is -2.23. The molecule has 0 radical (unpaired) electrons. The van der Waals surface area contributed by atoms with Crippen LogP contribution in [0.3, 0.4) is 0 Å². The molecule has 0 aliphatic rings. The topological polar surface area (TPSA) is 65.8 Å². The van der Waals surface area contributed by atoms with Crippen molar-refractivity contribution in [3.05, 3.63) is 65.5 Å². The van der Waals surface area contributed by atoms with Crippen LogP contribution in [0.4, 0.5) is 0 Å². The highest BCUT2D eigenvalue weighted by molar-refractivity contribution is 5.76. The Balaban J connectivity index is 1.76. The highest BCUT2D eigenvalue weighted by atomic mass is 16.1. The molecule has 100 valence electrons. The van der Waals surface area contributed by atoms with Crippen LogP contribution in [0.2, 0.25) is 0 Å². The zero-order valence-corrected chi connectivity index (χ0v) is 11.0. The van der Waals surface area contributed by atoms with Crippen LogP contribution in [-0.2, 0) is 17.8 Å². The van der Waals surface area contributed by atoms with Crippen molar-refractivity contribution in [2.24, 2.45) is 0 Å². The Hall–Kier alpha value is -2.67. The minimum Gasteiger partial charge on any atom is -0.350 e. The van der Waals surface area contributed by atoms with Gasteiger partial charge in [0.2, 0.25) is 5.91 Å². The molecule has 1 aromatic carbocycles. The first kappa shape index (κ1) is 13.8. The average Bonchev–Trinajstić information content (AvgIpc) is 2.52. The van der Waals surface area contributed by atoms with Crippen LogP contribution in [0.1, 0.15) is 23.2 Å². The second-order valence-corrected chi connectivity index (χ2v) is 4.41. The van der Waals surface area contributed by atoms with E-state index in [1.165, 1.54) is 0 Å². The summed E-state index contributed by atoms with van der Waals surface area (Å²) >= 11 is 0. The van der Waals surface area contributed by atoms with Gasteiger partial charge in [0.1, 0.15) is 0 Å². The molecular weight excluding hydrogens is 250 g/mol. The highest BCUT2D eigenvalue weighted by Crippen LogP contribution is 2.06. The summed E-state index contributed by atoms with van der Waals surface area (Å²) in [7, 11) is 0. The van der Waals surface area contributed by atoms with Crippen molar-refractivity contribution in [2.45, 2.75) is 19.4 Å². The molecule has 0 atom stereocenters. The molecule has 0 saturated carbocycles. The summed E-state index contributed by atoms with van der Waals surface area (Å²) in [6, 6.07) is 15.0. The van der Waals surface area contributed by atoms with Crippen molar-refractivity contribution in [1.29, 1.82) is 5.26 Å². The summed E-state index contributed by atoms with van der Waals surface area (Å²) in [5.74, 6) is 0.0000118. The zero-order chi connectivity index (χ0) is 14.2. The van der Waals surface area contributed by atoms with Gasteiger partial charge >= 0.3 is 0 Å². The molecule has 0 spiro atoms. The number of nitriles is 1. The Bertz CT molecular complexity index is 600. The fraction of sp³-hybridized carbons (Fsp3) is 0.188. The minimum absolute atomic E-state index is 0.0000118. The van der Waals surface area contributed by atoms with Gasteiger partial charge in [0.25, 0.3) is 0 Å². The van der Waals surface area contributed by atoms with E-state index in [1.807, 2.05) is 30.3 Å². The minimum atomic E-state index is 0.0000118. The van der Waals surface area contributed by atoms with Crippen molar-refractivity contribution >= 4 is 5.91 Å². The average molecular weight is 265 g/mol. The first-order valence-electron chi connectivity index (χ1n) is 6.43. The summed E-state index contributed by atoms with van der Waals surface area (Å²) in [4.78, 5) is 15.9. The van der Waals surface area contributed by atoms with E-state index in [0.29, 0.717) is 24.9 Å². The Morgan fingerprint density at radius 1 is 1.20 bits per heavy atom. The van der Waals surface area contributed by atoms with E-state index >= 15 is 0 Å². The molecule has 2 rings (SSSR count). The quantitative estimate of drug-likeness (QED) is 0.901. The van der Waals surface area contributed by atoms with Gasteiger partial charge in [-0.25, -0.2) is 0 Å². The fourth-order valence-corrected chi connectivity index (χ4v) is 1.78. The molecule has 0 fully saturated rings. The summed E-state index contributed by atoms with van der Waals surface area (Å²) in [5, 5.41) is 11.5. The van der Waals surface area contributed by atoms with Gasteiger partial charge in [-0.2, -0.15) is 5.26 Å². The van der Waals surface area contributed by atoms with Gasteiger partial charge in [-0.1, -0.05) is 18.2 Å². The Morgan fingerprint density at radius 3 is 2.65 bits per heavy atom. The van der Waals surface area contributed by atoms with Gasteiger partial charge in [0.15, 0.2) is 0 Å². The number of hydrogen-bond acceptors (Lipinski definition) is 3. The van der Waals surface area contributed by atoms with Gasteiger partial charge in [0.05, 0.1) is 23.9 Å². The van der Waals surface area contributed by atoms with E-state index in [-0.39, 0.29) is 5.91 Å². The summed E-state index contributed by atoms with van der Waals surface area (Å²) in [6.07, 6.45) is 2.80. The molecule has 1 amide bonds. The lowest BCUT2D eigenvalue weighted by atomic mass is 10.1. The molecule has 1 aromatic heterocycles. The van der Waals surface area contributed by atoms with Crippen LogP contribution < -0.4 is 5.32 Å². The SMILES string of the molecule is N#Cc1ccc(CCC(=O)NCc2ccccn2)cc1. The monoisotopic (exact) mass is 265 g/mol. The lowest BCUT2D eigenvalue weighted by Gasteiger charge is -2.05. The molecule has 0 unspecified atom stereocenters. The molecule has 0 aliphatic heterocycles. The van der Waals surface area contributed by atoms with Gasteiger partial charge in [-0.15, -0.1) is 0 Å². The molecule has 4 nitrogen and oxygen atoms in total. The van der Waals surface area contributed by atoms with E-state index in [0.717, 1.165) is 11.3 Å². The molecule has 20 heavy (non-hydrogen) atoms. The Labute approximate surface area is 118 Å². The highest BCUT2D eigenvalue weighted by Gasteiger charge is 2.03. The molecule has 1 N–H and O–H groups in total. The van der Waals surface area contributed by atoms with E-state index in [4.69, 9.17) is 5.26 Å². The maximum absolute atomic E-state index is 11.7. The van der Waals surface area contributed by atoms with Crippen LogP contribution in [0.25, 0.3) is 0 Å². The molecule has 1 heterocycles. The maximum Gasteiger partial charge on any atom is 0.220 e. The number of nitrogens with zero attached hydrogens (tertiary/aromatic N) is 2. The normalized spacial score (nSPS) is 9.75. The van der Waals surface area contributed by atoms with Crippen molar-refractivity contribution < 1.29 is 4.79 Å². The van der Waals surface area contributed by atoms with Gasteiger partial charge in [-0.3, -0.25) is 9.78 Å². The molecule has 4 heteroatoms. The standard InChI is InChI=1S/C16H15N3O/c17-11-14-6-4-13(5-7-14)8-9-16(20)19-12-15-3-1-2-10-18-15/h1-7,10H,8-9,12H2,(H,19,20). The number of amides is 1. The summed E-state index contributed by atoms with van der Waals surface area (Å²) in [5.41, 5.74) is 2.53. The number of nitrogens with one attached hydrogen (secondary N) is 1. The maximum atomic E-state index is 11.7. The third-order valence-electron chi connectivity index (χ3n) is 2.92. The lowest BCUT2D eigenvalue weighted by molar-refractivity contribution is -0.121.